The Morgan fingerprint density at radius 2 is 1.91 bits per heavy atom. The minimum atomic E-state index is -0.292. The third-order valence-electron chi connectivity index (χ3n) is 3.79. The van der Waals surface area contributed by atoms with E-state index >= 15 is 0 Å². The average molecular weight is 309 g/mol. The van der Waals surface area contributed by atoms with Crippen molar-refractivity contribution >= 4 is 6.03 Å². The van der Waals surface area contributed by atoms with Gasteiger partial charge in [0.25, 0.3) is 0 Å². The Labute approximate surface area is 131 Å². The van der Waals surface area contributed by atoms with E-state index in [9.17, 15) is 9.18 Å². The minimum absolute atomic E-state index is 0.0500. The summed E-state index contributed by atoms with van der Waals surface area (Å²) < 4.78 is 18.3. The van der Waals surface area contributed by atoms with Crippen LogP contribution in [0.4, 0.5) is 9.18 Å². The molecule has 0 radical (unpaired) electrons. The molecule has 22 heavy (non-hydrogen) atoms. The van der Waals surface area contributed by atoms with E-state index in [-0.39, 0.29) is 17.9 Å². The number of hydrogen-bond acceptors (Lipinski definition) is 3. The fourth-order valence-electron chi connectivity index (χ4n) is 2.36. The van der Waals surface area contributed by atoms with Crippen molar-refractivity contribution in [1.29, 1.82) is 0 Å². The number of hydrogen-bond donors (Lipinski definition) is 1. The molecule has 0 saturated carbocycles. The highest BCUT2D eigenvalue weighted by Gasteiger charge is 2.21. The van der Waals surface area contributed by atoms with Crippen molar-refractivity contribution < 1.29 is 13.9 Å². The highest BCUT2D eigenvalue weighted by Crippen LogP contribution is 2.11. The fraction of sp³-hybridized carbons (Fsp3) is 0.562. The van der Waals surface area contributed by atoms with Crippen molar-refractivity contribution in [2.24, 2.45) is 0 Å². The number of rotatable bonds is 5. The second-order valence-corrected chi connectivity index (χ2v) is 5.54. The maximum Gasteiger partial charge on any atom is 0.317 e. The Bertz CT molecular complexity index is 473. The molecule has 1 N–H and O–H groups in total. The van der Waals surface area contributed by atoms with E-state index in [1.807, 2.05) is 11.8 Å². The Kier molecular flexibility index (Phi) is 6.00. The number of halogens is 1. The first-order chi connectivity index (χ1) is 10.6. The zero-order valence-electron chi connectivity index (χ0n) is 13.2. The number of likely N-dealkylation sites (N-methyl/N-ethyl adjacent to an activating group) is 1. The summed E-state index contributed by atoms with van der Waals surface area (Å²) in [4.78, 5) is 16.3. The van der Waals surface area contributed by atoms with Gasteiger partial charge in [0, 0.05) is 26.2 Å². The quantitative estimate of drug-likeness (QED) is 0.904. The van der Waals surface area contributed by atoms with Crippen LogP contribution < -0.4 is 10.1 Å². The molecule has 0 spiro atoms. The predicted molar refractivity (Wildman–Crippen MR) is 83.6 cm³/mol. The van der Waals surface area contributed by atoms with Gasteiger partial charge >= 0.3 is 6.03 Å². The molecule has 1 atom stereocenters. The van der Waals surface area contributed by atoms with Gasteiger partial charge < -0.3 is 19.9 Å². The predicted octanol–water partition coefficient (Wildman–Crippen LogP) is 1.94. The number of carbonyl (C=O) groups excluding carboxylic acids is 1. The third kappa shape index (κ3) is 4.87. The van der Waals surface area contributed by atoms with Crippen LogP contribution in [0.1, 0.15) is 13.8 Å². The normalized spacial score (nSPS) is 17.1. The summed E-state index contributed by atoms with van der Waals surface area (Å²) >= 11 is 0. The fourth-order valence-corrected chi connectivity index (χ4v) is 2.36. The van der Waals surface area contributed by atoms with Crippen molar-refractivity contribution in [3.05, 3.63) is 30.1 Å². The van der Waals surface area contributed by atoms with Crippen LogP contribution in [-0.4, -0.2) is 61.2 Å². The van der Waals surface area contributed by atoms with Crippen molar-refractivity contribution in [2.45, 2.75) is 19.9 Å². The van der Waals surface area contributed by atoms with E-state index in [1.165, 1.54) is 12.1 Å². The van der Waals surface area contributed by atoms with E-state index in [0.717, 1.165) is 32.7 Å². The van der Waals surface area contributed by atoms with Gasteiger partial charge in [0.15, 0.2) is 0 Å². The van der Waals surface area contributed by atoms with Gasteiger partial charge in [-0.15, -0.1) is 0 Å². The van der Waals surface area contributed by atoms with Gasteiger partial charge in [0.05, 0.1) is 6.04 Å². The molecule has 1 aliphatic rings. The number of piperazine rings is 1. The van der Waals surface area contributed by atoms with Crippen LogP contribution in [-0.2, 0) is 0 Å². The second kappa shape index (κ2) is 7.98. The molecule has 0 aliphatic carbocycles. The maximum atomic E-state index is 12.8. The number of amides is 2. The summed E-state index contributed by atoms with van der Waals surface area (Å²) in [5.74, 6) is 0.305. The van der Waals surface area contributed by atoms with Gasteiger partial charge in [0.2, 0.25) is 0 Å². The molecule has 122 valence electrons. The largest absolute Gasteiger partial charge is 0.491 e. The topological polar surface area (TPSA) is 44.8 Å². The van der Waals surface area contributed by atoms with Crippen LogP contribution in [0.15, 0.2) is 24.3 Å². The highest BCUT2D eigenvalue weighted by molar-refractivity contribution is 5.74. The van der Waals surface area contributed by atoms with Gasteiger partial charge in [-0.2, -0.15) is 0 Å². The first-order valence-electron chi connectivity index (χ1n) is 7.74. The van der Waals surface area contributed by atoms with E-state index in [2.05, 4.69) is 17.1 Å². The number of nitrogens with zero attached hydrogens (tertiary/aromatic N) is 2. The zero-order chi connectivity index (χ0) is 15.9. The highest BCUT2D eigenvalue weighted by atomic mass is 19.1. The molecule has 0 aromatic heterocycles. The standard InChI is InChI=1S/C16H24FN3O2/c1-3-19-8-10-20(11-9-19)16(21)18-13(2)12-22-15-6-4-14(17)5-7-15/h4-7,13H,3,8-12H2,1-2H3,(H,18,21)/t13-/m1/s1. The van der Waals surface area contributed by atoms with Gasteiger partial charge in [-0.1, -0.05) is 6.92 Å². The Hall–Kier alpha value is -1.82. The van der Waals surface area contributed by atoms with Crippen molar-refractivity contribution in [2.75, 3.05) is 39.3 Å². The first-order valence-corrected chi connectivity index (χ1v) is 7.74. The van der Waals surface area contributed by atoms with Crippen molar-refractivity contribution in [3.8, 4) is 5.75 Å². The lowest BCUT2D eigenvalue weighted by molar-refractivity contribution is 0.138. The van der Waals surface area contributed by atoms with Crippen LogP contribution >= 0.6 is 0 Å². The number of carbonyl (C=O) groups is 1. The van der Waals surface area contributed by atoms with E-state index < -0.39 is 0 Å². The van der Waals surface area contributed by atoms with Crippen LogP contribution in [0.2, 0.25) is 0 Å². The SMILES string of the molecule is CCN1CCN(C(=O)N[C@H](C)COc2ccc(F)cc2)CC1. The molecule has 2 amide bonds. The van der Waals surface area contributed by atoms with Crippen molar-refractivity contribution in [1.82, 2.24) is 15.1 Å². The van der Waals surface area contributed by atoms with E-state index in [0.29, 0.717) is 12.4 Å². The molecule has 1 aromatic rings. The van der Waals surface area contributed by atoms with E-state index in [4.69, 9.17) is 4.74 Å². The average Bonchev–Trinajstić information content (AvgIpc) is 2.54. The zero-order valence-corrected chi connectivity index (χ0v) is 13.2. The van der Waals surface area contributed by atoms with Gasteiger partial charge in [-0.3, -0.25) is 0 Å². The lowest BCUT2D eigenvalue weighted by Gasteiger charge is -2.34. The molecule has 6 heteroatoms. The maximum absolute atomic E-state index is 12.8. The summed E-state index contributed by atoms with van der Waals surface area (Å²) in [6, 6.07) is 5.70. The lowest BCUT2D eigenvalue weighted by Crippen LogP contribution is -2.53. The van der Waals surface area contributed by atoms with Gasteiger partial charge in [-0.25, -0.2) is 9.18 Å². The summed E-state index contributed by atoms with van der Waals surface area (Å²) in [6.07, 6.45) is 0. The molecule has 0 unspecified atom stereocenters. The molecule has 1 saturated heterocycles. The number of ether oxygens (including phenoxy) is 1. The summed E-state index contributed by atoms with van der Waals surface area (Å²) in [6.45, 7) is 8.75. The molecule has 1 fully saturated rings. The van der Waals surface area contributed by atoms with Crippen LogP contribution in [0.5, 0.6) is 5.75 Å². The Morgan fingerprint density at radius 1 is 1.27 bits per heavy atom. The molecule has 1 aromatic carbocycles. The monoisotopic (exact) mass is 309 g/mol. The molecule has 0 bridgehead atoms. The molecule has 5 nitrogen and oxygen atoms in total. The Morgan fingerprint density at radius 3 is 2.50 bits per heavy atom. The van der Waals surface area contributed by atoms with Gasteiger partial charge in [0.1, 0.15) is 18.2 Å². The second-order valence-electron chi connectivity index (χ2n) is 5.54. The number of benzene rings is 1. The lowest BCUT2D eigenvalue weighted by atomic mass is 10.3. The smallest absolute Gasteiger partial charge is 0.317 e. The summed E-state index contributed by atoms with van der Waals surface area (Å²) in [7, 11) is 0. The van der Waals surface area contributed by atoms with Crippen LogP contribution in [0, 0.1) is 5.82 Å². The molecular formula is C16H24FN3O2. The minimum Gasteiger partial charge on any atom is -0.491 e. The molecule has 1 aliphatic heterocycles. The Balaban J connectivity index is 1.71. The summed E-state index contributed by atoms with van der Waals surface area (Å²) in [5.41, 5.74) is 0. The first kappa shape index (κ1) is 16.5. The summed E-state index contributed by atoms with van der Waals surface area (Å²) in [5, 5.41) is 2.93. The third-order valence-corrected chi connectivity index (χ3v) is 3.79. The van der Waals surface area contributed by atoms with E-state index in [1.54, 1.807) is 12.1 Å². The van der Waals surface area contributed by atoms with Gasteiger partial charge in [-0.05, 0) is 37.7 Å². The number of urea groups is 1. The number of nitrogens with one attached hydrogen (secondary N) is 1. The van der Waals surface area contributed by atoms with Crippen molar-refractivity contribution in [3.63, 3.8) is 0 Å². The molecular weight excluding hydrogens is 285 g/mol. The molecule has 2 rings (SSSR count). The van der Waals surface area contributed by atoms with Crippen LogP contribution in [0.3, 0.4) is 0 Å². The molecule has 1 heterocycles. The van der Waals surface area contributed by atoms with Crippen LogP contribution in [0.25, 0.3) is 0 Å².